The van der Waals surface area contributed by atoms with Crippen LogP contribution in [0.4, 0.5) is 5.95 Å². The predicted molar refractivity (Wildman–Crippen MR) is 75.3 cm³/mol. The zero-order valence-electron chi connectivity index (χ0n) is 11.4. The maximum Gasteiger partial charge on any atom is 0.201 e. The Hall–Kier alpha value is -1.58. The van der Waals surface area contributed by atoms with Gasteiger partial charge < -0.3 is 10.3 Å². The maximum absolute atomic E-state index is 6.01. The highest BCUT2D eigenvalue weighted by molar-refractivity contribution is 5.77. The third kappa shape index (κ3) is 2.63. The lowest BCUT2D eigenvalue weighted by Gasteiger charge is -2.16. The molecule has 2 rings (SSSR count). The Morgan fingerprint density at radius 2 is 2.06 bits per heavy atom. The molecule has 2 aromatic heterocycles. The van der Waals surface area contributed by atoms with Crippen LogP contribution in [0.2, 0.25) is 0 Å². The Balaban J connectivity index is 2.16. The number of rotatable bonds is 5. The topological polar surface area (TPSA) is 56.7 Å². The van der Waals surface area contributed by atoms with Gasteiger partial charge in [-0.3, -0.25) is 4.98 Å². The molecule has 0 aliphatic rings. The van der Waals surface area contributed by atoms with Crippen LogP contribution in [-0.2, 0) is 0 Å². The molecule has 2 heterocycles. The largest absolute Gasteiger partial charge is 0.369 e. The van der Waals surface area contributed by atoms with Gasteiger partial charge >= 0.3 is 0 Å². The zero-order chi connectivity index (χ0) is 13.1. The number of pyridine rings is 1. The van der Waals surface area contributed by atoms with Gasteiger partial charge in [-0.05, 0) is 25.3 Å². The Kier molecular flexibility index (Phi) is 3.84. The molecule has 0 aliphatic carbocycles. The highest BCUT2D eigenvalue weighted by Crippen LogP contribution is 2.25. The lowest BCUT2D eigenvalue weighted by atomic mass is 10.0. The Morgan fingerprint density at radius 1 is 1.28 bits per heavy atom. The number of nitrogens with zero attached hydrogens (tertiary/aromatic N) is 3. The smallest absolute Gasteiger partial charge is 0.201 e. The minimum Gasteiger partial charge on any atom is -0.369 e. The molecular weight excluding hydrogens is 224 g/mol. The first-order valence-electron chi connectivity index (χ1n) is 6.67. The van der Waals surface area contributed by atoms with Gasteiger partial charge in [-0.1, -0.05) is 26.7 Å². The maximum atomic E-state index is 6.01. The second-order valence-electron chi connectivity index (χ2n) is 5.38. The van der Waals surface area contributed by atoms with Gasteiger partial charge in [-0.15, -0.1) is 0 Å². The minimum atomic E-state index is 0.385. The van der Waals surface area contributed by atoms with E-state index >= 15 is 0 Å². The number of aromatic nitrogens is 3. The molecule has 0 saturated carbocycles. The van der Waals surface area contributed by atoms with Crippen LogP contribution in [0.25, 0.3) is 11.0 Å². The Labute approximate surface area is 108 Å². The van der Waals surface area contributed by atoms with E-state index < -0.39 is 0 Å². The molecular formula is C14H22N4. The van der Waals surface area contributed by atoms with Gasteiger partial charge in [0.05, 0.1) is 11.7 Å². The molecule has 0 radical (unpaired) electrons. The van der Waals surface area contributed by atoms with E-state index in [1.54, 1.807) is 12.4 Å². The van der Waals surface area contributed by atoms with E-state index in [1.165, 1.54) is 12.8 Å². The first-order valence-corrected chi connectivity index (χ1v) is 6.67. The summed E-state index contributed by atoms with van der Waals surface area (Å²) in [6.45, 7) is 6.73. The highest BCUT2D eigenvalue weighted by atomic mass is 15.2. The molecule has 0 amide bonds. The number of fused-ring (bicyclic) bond motifs is 1. The quantitative estimate of drug-likeness (QED) is 0.879. The zero-order valence-corrected chi connectivity index (χ0v) is 11.4. The van der Waals surface area contributed by atoms with Crippen molar-refractivity contribution < 1.29 is 0 Å². The number of nitrogens with two attached hydrogens (primary N) is 1. The summed E-state index contributed by atoms with van der Waals surface area (Å²) in [5, 5.41) is 0. The molecule has 1 unspecified atom stereocenters. The van der Waals surface area contributed by atoms with Crippen LogP contribution in [0.5, 0.6) is 0 Å². The summed E-state index contributed by atoms with van der Waals surface area (Å²) in [6, 6.07) is 2.37. The number of anilines is 1. The average molecular weight is 246 g/mol. The van der Waals surface area contributed by atoms with Gasteiger partial charge in [0, 0.05) is 12.2 Å². The molecule has 0 fully saturated rings. The third-order valence-corrected chi connectivity index (χ3v) is 3.36. The third-order valence-electron chi connectivity index (χ3n) is 3.36. The summed E-state index contributed by atoms with van der Waals surface area (Å²) in [4.78, 5) is 8.44. The summed E-state index contributed by atoms with van der Waals surface area (Å²) in [5.74, 6) is 1.35. The fourth-order valence-corrected chi connectivity index (χ4v) is 2.38. The minimum absolute atomic E-state index is 0.385. The predicted octanol–water partition coefficient (Wildman–Crippen LogP) is 3.40. The van der Waals surface area contributed by atoms with Crippen molar-refractivity contribution in [3.05, 3.63) is 18.5 Å². The molecule has 98 valence electrons. The molecule has 0 aliphatic heterocycles. The molecule has 18 heavy (non-hydrogen) atoms. The van der Waals surface area contributed by atoms with Crippen molar-refractivity contribution in [2.75, 3.05) is 5.73 Å². The molecule has 0 saturated heterocycles. The van der Waals surface area contributed by atoms with Crippen molar-refractivity contribution in [2.45, 2.75) is 46.1 Å². The van der Waals surface area contributed by atoms with Crippen LogP contribution < -0.4 is 5.73 Å². The average Bonchev–Trinajstić information content (AvgIpc) is 2.64. The lowest BCUT2D eigenvalue weighted by Crippen LogP contribution is -2.09. The van der Waals surface area contributed by atoms with Crippen molar-refractivity contribution in [3.8, 4) is 0 Å². The molecule has 4 nitrogen and oxygen atoms in total. The number of imidazole rings is 1. The van der Waals surface area contributed by atoms with E-state index in [4.69, 9.17) is 5.73 Å². The lowest BCUT2D eigenvalue weighted by molar-refractivity contribution is 0.457. The van der Waals surface area contributed by atoms with Gasteiger partial charge in [0.25, 0.3) is 0 Å². The molecule has 2 aromatic rings. The normalized spacial score (nSPS) is 13.3. The Bertz CT molecular complexity index is 515. The summed E-state index contributed by atoms with van der Waals surface area (Å²) in [6.07, 6.45) is 7.18. The van der Waals surface area contributed by atoms with E-state index in [-0.39, 0.29) is 0 Å². The van der Waals surface area contributed by atoms with Crippen LogP contribution in [0, 0.1) is 5.92 Å². The highest BCUT2D eigenvalue weighted by Gasteiger charge is 2.13. The molecule has 4 heteroatoms. The molecule has 0 aromatic carbocycles. The number of nitrogen functional groups attached to an aromatic ring is 1. The van der Waals surface area contributed by atoms with E-state index in [1.807, 2.05) is 6.07 Å². The van der Waals surface area contributed by atoms with Crippen LogP contribution in [0.1, 0.15) is 46.1 Å². The van der Waals surface area contributed by atoms with Crippen LogP contribution in [-0.4, -0.2) is 14.5 Å². The van der Waals surface area contributed by atoms with Crippen molar-refractivity contribution in [2.24, 2.45) is 5.92 Å². The van der Waals surface area contributed by atoms with Gasteiger partial charge in [0.2, 0.25) is 5.95 Å². The van der Waals surface area contributed by atoms with Gasteiger partial charge in [0.15, 0.2) is 0 Å². The van der Waals surface area contributed by atoms with E-state index in [9.17, 15) is 0 Å². The van der Waals surface area contributed by atoms with E-state index in [2.05, 4.69) is 35.3 Å². The number of hydrogen-bond donors (Lipinski definition) is 1. The second-order valence-corrected chi connectivity index (χ2v) is 5.38. The standard InChI is InChI=1S/C14H22N4/c1-10(2)5-4-6-11(3)18-13-7-8-16-9-12(13)17-14(18)15/h7-11H,4-6H2,1-3H3,(H2,15,17). The SMILES string of the molecule is CC(C)CCCC(C)n1c(N)nc2cnccc21. The van der Waals surface area contributed by atoms with Crippen molar-refractivity contribution >= 4 is 17.0 Å². The van der Waals surface area contributed by atoms with E-state index in [0.717, 1.165) is 23.4 Å². The van der Waals surface area contributed by atoms with Crippen molar-refractivity contribution in [3.63, 3.8) is 0 Å². The van der Waals surface area contributed by atoms with Crippen LogP contribution in [0.15, 0.2) is 18.5 Å². The first kappa shape index (κ1) is 12.9. The summed E-state index contributed by atoms with van der Waals surface area (Å²) < 4.78 is 2.12. The van der Waals surface area contributed by atoms with E-state index in [0.29, 0.717) is 12.0 Å². The number of hydrogen-bond acceptors (Lipinski definition) is 3. The second kappa shape index (κ2) is 5.38. The molecule has 1 atom stereocenters. The Morgan fingerprint density at radius 3 is 2.78 bits per heavy atom. The summed E-state index contributed by atoms with van der Waals surface area (Å²) in [7, 11) is 0. The van der Waals surface area contributed by atoms with Crippen molar-refractivity contribution in [1.29, 1.82) is 0 Å². The summed E-state index contributed by atoms with van der Waals surface area (Å²) >= 11 is 0. The first-order chi connectivity index (χ1) is 8.59. The molecule has 0 spiro atoms. The van der Waals surface area contributed by atoms with Crippen LogP contribution >= 0.6 is 0 Å². The summed E-state index contributed by atoms with van der Waals surface area (Å²) in [5.41, 5.74) is 7.97. The monoisotopic (exact) mass is 246 g/mol. The van der Waals surface area contributed by atoms with Gasteiger partial charge in [-0.2, -0.15) is 0 Å². The van der Waals surface area contributed by atoms with Crippen LogP contribution in [0.3, 0.4) is 0 Å². The molecule has 2 N–H and O–H groups in total. The molecule has 0 bridgehead atoms. The van der Waals surface area contributed by atoms with Gasteiger partial charge in [0.1, 0.15) is 5.52 Å². The fraction of sp³-hybridized carbons (Fsp3) is 0.571. The van der Waals surface area contributed by atoms with Gasteiger partial charge in [-0.25, -0.2) is 4.98 Å². The fourth-order valence-electron chi connectivity index (χ4n) is 2.38. The van der Waals surface area contributed by atoms with Crippen molar-refractivity contribution in [1.82, 2.24) is 14.5 Å².